The van der Waals surface area contributed by atoms with Crippen LogP contribution in [0.1, 0.15) is 68.1 Å². The number of hydrogen-bond acceptors (Lipinski definition) is 4. The molecule has 0 radical (unpaired) electrons. The molecule has 0 aliphatic carbocycles. The Hall–Kier alpha value is -2.17. The van der Waals surface area contributed by atoms with Gasteiger partial charge in [-0.3, -0.25) is 4.79 Å². The predicted molar refractivity (Wildman–Crippen MR) is 91.4 cm³/mol. The van der Waals surface area contributed by atoms with Crippen LogP contribution in [-0.2, 0) is 16.8 Å². The summed E-state index contributed by atoms with van der Waals surface area (Å²) in [4.78, 5) is 18.8. The molecule has 1 aliphatic rings. The van der Waals surface area contributed by atoms with E-state index in [2.05, 4.69) is 63.0 Å². The maximum atomic E-state index is 12.4. The van der Waals surface area contributed by atoms with Crippen molar-refractivity contribution in [2.24, 2.45) is 0 Å². The van der Waals surface area contributed by atoms with Gasteiger partial charge < -0.3 is 9.42 Å². The van der Waals surface area contributed by atoms with Crippen molar-refractivity contribution >= 4 is 5.91 Å². The lowest BCUT2D eigenvalue weighted by molar-refractivity contribution is -0.130. The van der Waals surface area contributed by atoms with Crippen molar-refractivity contribution in [1.29, 1.82) is 0 Å². The van der Waals surface area contributed by atoms with E-state index in [4.69, 9.17) is 4.52 Å². The molecule has 1 aromatic heterocycles. The van der Waals surface area contributed by atoms with E-state index in [0.29, 0.717) is 24.7 Å². The molecule has 1 saturated heterocycles. The number of carbonyl (C=O) groups is 1. The summed E-state index contributed by atoms with van der Waals surface area (Å²) in [5.41, 5.74) is 3.40. The first-order valence-electron chi connectivity index (χ1n) is 8.45. The van der Waals surface area contributed by atoms with Crippen LogP contribution in [0.25, 0.3) is 0 Å². The Morgan fingerprint density at radius 2 is 2.04 bits per heavy atom. The Kier molecular flexibility index (Phi) is 4.20. The Labute approximate surface area is 143 Å². The number of benzene rings is 1. The summed E-state index contributed by atoms with van der Waals surface area (Å²) in [5, 5.41) is 4.11. The zero-order chi connectivity index (χ0) is 17.5. The molecule has 128 valence electrons. The molecule has 0 bridgehead atoms. The van der Waals surface area contributed by atoms with Crippen LogP contribution in [0.2, 0.25) is 0 Å². The van der Waals surface area contributed by atoms with Gasteiger partial charge in [0.05, 0.1) is 0 Å². The highest BCUT2D eigenvalue weighted by molar-refractivity contribution is 5.78. The molecule has 5 heteroatoms. The fourth-order valence-corrected chi connectivity index (χ4v) is 3.02. The van der Waals surface area contributed by atoms with Gasteiger partial charge in [0.2, 0.25) is 11.8 Å². The first-order valence-corrected chi connectivity index (χ1v) is 8.45. The van der Waals surface area contributed by atoms with Gasteiger partial charge in [-0.15, -0.1) is 0 Å². The monoisotopic (exact) mass is 327 g/mol. The third kappa shape index (κ3) is 3.21. The van der Waals surface area contributed by atoms with Crippen molar-refractivity contribution in [2.45, 2.75) is 65.5 Å². The summed E-state index contributed by atoms with van der Waals surface area (Å²) >= 11 is 0. The number of amides is 1. The quantitative estimate of drug-likeness (QED) is 0.859. The topological polar surface area (TPSA) is 59.2 Å². The second-order valence-electron chi connectivity index (χ2n) is 7.71. The minimum absolute atomic E-state index is 0.124. The zero-order valence-electron chi connectivity index (χ0n) is 15.1. The van der Waals surface area contributed by atoms with Gasteiger partial charge >= 0.3 is 0 Å². The first-order chi connectivity index (χ1) is 11.3. The molecule has 0 N–H and O–H groups in total. The van der Waals surface area contributed by atoms with E-state index in [1.54, 1.807) is 0 Å². The fraction of sp³-hybridized carbons (Fsp3) is 0.526. The van der Waals surface area contributed by atoms with Gasteiger partial charge in [-0.25, -0.2) is 0 Å². The molecular weight excluding hydrogens is 302 g/mol. The van der Waals surface area contributed by atoms with Gasteiger partial charge in [0.1, 0.15) is 6.04 Å². The van der Waals surface area contributed by atoms with Crippen LogP contribution in [-0.4, -0.2) is 20.9 Å². The summed E-state index contributed by atoms with van der Waals surface area (Å²) < 4.78 is 5.49. The van der Waals surface area contributed by atoms with Crippen LogP contribution in [0, 0.1) is 13.8 Å². The van der Waals surface area contributed by atoms with Gasteiger partial charge in [0.15, 0.2) is 5.82 Å². The van der Waals surface area contributed by atoms with Crippen molar-refractivity contribution in [2.75, 3.05) is 0 Å². The number of nitrogens with zero attached hydrogens (tertiary/aromatic N) is 3. The summed E-state index contributed by atoms with van der Waals surface area (Å²) in [6, 6.07) is 6.22. The number of likely N-dealkylation sites (tertiary alicyclic amines) is 1. The molecule has 1 aliphatic heterocycles. The van der Waals surface area contributed by atoms with Crippen molar-refractivity contribution in [3.63, 3.8) is 0 Å². The van der Waals surface area contributed by atoms with Crippen molar-refractivity contribution < 1.29 is 9.32 Å². The molecule has 1 atom stereocenters. The van der Waals surface area contributed by atoms with E-state index in [-0.39, 0.29) is 17.4 Å². The van der Waals surface area contributed by atoms with Crippen LogP contribution < -0.4 is 0 Å². The Morgan fingerprint density at radius 3 is 2.71 bits per heavy atom. The minimum atomic E-state index is -0.164. The number of hydrogen-bond donors (Lipinski definition) is 0. The van der Waals surface area contributed by atoms with E-state index >= 15 is 0 Å². The number of rotatable bonds is 3. The van der Waals surface area contributed by atoms with Crippen molar-refractivity contribution in [1.82, 2.24) is 15.0 Å². The third-order valence-corrected chi connectivity index (χ3v) is 4.57. The number of aromatic nitrogens is 2. The fourth-order valence-electron chi connectivity index (χ4n) is 3.02. The molecule has 2 heterocycles. The van der Waals surface area contributed by atoms with E-state index in [0.717, 1.165) is 6.42 Å². The minimum Gasteiger partial charge on any atom is -0.337 e. The normalized spacial score (nSPS) is 18.5. The van der Waals surface area contributed by atoms with Crippen LogP contribution in [0.15, 0.2) is 22.7 Å². The molecular formula is C19H25N3O2. The van der Waals surface area contributed by atoms with E-state index < -0.39 is 0 Å². The van der Waals surface area contributed by atoms with Gasteiger partial charge in [-0.2, -0.15) is 4.98 Å². The Balaban J connectivity index is 1.87. The third-order valence-electron chi connectivity index (χ3n) is 4.57. The van der Waals surface area contributed by atoms with E-state index in [1.807, 2.05) is 4.90 Å². The zero-order valence-corrected chi connectivity index (χ0v) is 15.1. The highest BCUT2D eigenvalue weighted by Gasteiger charge is 2.37. The summed E-state index contributed by atoms with van der Waals surface area (Å²) in [7, 11) is 0. The largest absolute Gasteiger partial charge is 0.337 e. The second kappa shape index (κ2) is 6.04. The van der Waals surface area contributed by atoms with Gasteiger partial charge in [-0.05, 0) is 31.4 Å². The maximum Gasteiger partial charge on any atom is 0.249 e. The van der Waals surface area contributed by atoms with Gasteiger partial charge in [-0.1, -0.05) is 49.7 Å². The molecule has 3 rings (SSSR count). The highest BCUT2D eigenvalue weighted by Crippen LogP contribution is 2.34. The molecule has 1 unspecified atom stereocenters. The lowest BCUT2D eigenvalue weighted by atomic mass is 9.96. The number of carbonyl (C=O) groups excluding carboxylic acids is 1. The summed E-state index contributed by atoms with van der Waals surface area (Å²) in [6.07, 6.45) is 1.26. The SMILES string of the molecule is Cc1ccc(C)c(CN2C(=O)CCC2c2nc(C(C)(C)C)no2)c1. The molecule has 0 spiro atoms. The second-order valence-corrected chi connectivity index (χ2v) is 7.71. The van der Waals surface area contributed by atoms with Crippen molar-refractivity contribution in [3.8, 4) is 0 Å². The smallest absolute Gasteiger partial charge is 0.249 e. The van der Waals surface area contributed by atoms with E-state index in [1.165, 1.54) is 16.7 Å². The lowest BCUT2D eigenvalue weighted by Crippen LogP contribution is -2.28. The molecule has 5 nitrogen and oxygen atoms in total. The predicted octanol–water partition coefficient (Wildman–Crippen LogP) is 3.85. The molecule has 1 amide bonds. The standard InChI is InChI=1S/C19H25N3O2/c1-12-6-7-13(2)14(10-12)11-22-15(8-9-16(22)23)17-20-18(21-24-17)19(3,4)5/h6-7,10,15H,8-9,11H2,1-5H3. The van der Waals surface area contributed by atoms with Crippen molar-refractivity contribution in [3.05, 3.63) is 46.6 Å². The molecule has 2 aromatic rings. The summed E-state index contributed by atoms with van der Waals surface area (Å²) in [6.45, 7) is 10.9. The van der Waals surface area contributed by atoms with E-state index in [9.17, 15) is 4.79 Å². The van der Waals surface area contributed by atoms with Crippen LogP contribution in [0.3, 0.4) is 0 Å². The summed E-state index contributed by atoms with van der Waals surface area (Å²) in [5.74, 6) is 1.39. The molecule has 1 fully saturated rings. The average Bonchev–Trinajstić information content (AvgIpc) is 3.10. The Morgan fingerprint density at radius 1 is 1.29 bits per heavy atom. The van der Waals surface area contributed by atoms with Crippen LogP contribution in [0.4, 0.5) is 0 Å². The molecule has 0 saturated carbocycles. The average molecular weight is 327 g/mol. The first kappa shape index (κ1) is 16.7. The van der Waals surface area contributed by atoms with Crippen LogP contribution in [0.5, 0.6) is 0 Å². The lowest BCUT2D eigenvalue weighted by Gasteiger charge is -2.23. The van der Waals surface area contributed by atoms with Crippen LogP contribution >= 0.6 is 0 Å². The van der Waals surface area contributed by atoms with Gasteiger partial charge in [0, 0.05) is 18.4 Å². The number of aryl methyl sites for hydroxylation is 2. The molecule has 24 heavy (non-hydrogen) atoms. The van der Waals surface area contributed by atoms with Gasteiger partial charge in [0.25, 0.3) is 0 Å². The maximum absolute atomic E-state index is 12.4. The highest BCUT2D eigenvalue weighted by atomic mass is 16.5. The molecule has 1 aromatic carbocycles. The Bertz CT molecular complexity index is 758.